The maximum absolute atomic E-state index is 14.3. The van der Waals surface area contributed by atoms with Crippen LogP contribution in [-0.4, -0.2) is 55.2 Å². The molecule has 12 heteroatoms. The van der Waals surface area contributed by atoms with Gasteiger partial charge in [0.2, 0.25) is 5.82 Å². The Morgan fingerprint density at radius 1 is 0.952 bits per heavy atom. The molecular weight excluding hydrogens is 563 g/mol. The van der Waals surface area contributed by atoms with Crippen molar-refractivity contribution in [2.24, 2.45) is 5.92 Å². The molecule has 0 amide bonds. The Labute approximate surface area is 243 Å². The summed E-state index contributed by atoms with van der Waals surface area (Å²) in [5.74, 6) is -3.27. The third kappa shape index (κ3) is 6.30. The molecule has 2 heterocycles. The van der Waals surface area contributed by atoms with Crippen LogP contribution in [0.4, 0.5) is 4.39 Å². The van der Waals surface area contributed by atoms with Gasteiger partial charge in [0.25, 0.3) is 13.9 Å². The van der Waals surface area contributed by atoms with Gasteiger partial charge in [0.1, 0.15) is 6.61 Å². The van der Waals surface area contributed by atoms with E-state index in [1.165, 1.54) is 13.8 Å². The van der Waals surface area contributed by atoms with E-state index in [2.05, 4.69) is 20.8 Å². The van der Waals surface area contributed by atoms with Crippen molar-refractivity contribution in [2.45, 2.75) is 58.1 Å². The lowest BCUT2D eigenvalue weighted by Gasteiger charge is -2.43. The first-order chi connectivity index (χ1) is 19.8. The van der Waals surface area contributed by atoms with Gasteiger partial charge < -0.3 is 18.6 Å². The number of aromatic amines is 1. The highest BCUT2D eigenvalue weighted by molar-refractivity contribution is 6.99. The predicted octanol–water partition coefficient (Wildman–Crippen LogP) is 2.26. The molecule has 2 aromatic carbocycles. The molecule has 4 unspecified atom stereocenters. The summed E-state index contributed by atoms with van der Waals surface area (Å²) in [6.45, 7) is 8.49. The second-order valence-corrected chi connectivity index (χ2v) is 15.5. The summed E-state index contributed by atoms with van der Waals surface area (Å²) in [5.41, 5.74) is -2.15. The van der Waals surface area contributed by atoms with Crippen LogP contribution in [-0.2, 0) is 28.2 Å². The van der Waals surface area contributed by atoms with E-state index in [1.54, 1.807) is 0 Å². The number of esters is 2. The van der Waals surface area contributed by atoms with Crippen molar-refractivity contribution in [3.63, 3.8) is 0 Å². The lowest BCUT2D eigenvalue weighted by molar-refractivity contribution is -0.155. The van der Waals surface area contributed by atoms with Crippen LogP contribution in [0.2, 0.25) is 5.04 Å². The van der Waals surface area contributed by atoms with Crippen LogP contribution in [0.15, 0.2) is 76.4 Å². The third-order valence-corrected chi connectivity index (χ3v) is 12.4. The van der Waals surface area contributed by atoms with Gasteiger partial charge in [-0.25, -0.2) is 4.79 Å². The van der Waals surface area contributed by atoms with Crippen molar-refractivity contribution < 1.29 is 32.6 Å². The van der Waals surface area contributed by atoms with E-state index in [9.17, 15) is 23.6 Å². The zero-order valence-corrected chi connectivity index (χ0v) is 25.2. The quantitative estimate of drug-likeness (QED) is 0.294. The zero-order chi connectivity index (χ0) is 30.7. The molecule has 1 aliphatic heterocycles. The summed E-state index contributed by atoms with van der Waals surface area (Å²) in [5, 5.41) is 1.67. The van der Waals surface area contributed by atoms with Crippen molar-refractivity contribution in [2.75, 3.05) is 13.2 Å². The van der Waals surface area contributed by atoms with Crippen molar-refractivity contribution in [3.8, 4) is 0 Å². The molecule has 42 heavy (non-hydrogen) atoms. The van der Waals surface area contributed by atoms with E-state index in [-0.39, 0.29) is 18.3 Å². The van der Waals surface area contributed by atoms with E-state index in [0.717, 1.165) is 14.9 Å². The van der Waals surface area contributed by atoms with E-state index < -0.39 is 61.7 Å². The minimum Gasteiger partial charge on any atom is -0.465 e. The summed E-state index contributed by atoms with van der Waals surface area (Å²) in [7, 11) is -3.05. The molecule has 3 aromatic rings. The molecule has 1 N–H and O–H groups in total. The first-order valence-corrected chi connectivity index (χ1v) is 15.5. The Hall–Kier alpha value is -3.87. The minimum atomic E-state index is -3.05. The van der Waals surface area contributed by atoms with Crippen LogP contribution in [0.5, 0.6) is 0 Å². The topological polar surface area (TPSA) is 126 Å². The van der Waals surface area contributed by atoms with Crippen LogP contribution in [0.25, 0.3) is 0 Å². The highest BCUT2D eigenvalue weighted by Crippen LogP contribution is 2.40. The third-order valence-electron chi connectivity index (χ3n) is 7.36. The summed E-state index contributed by atoms with van der Waals surface area (Å²) >= 11 is 0. The van der Waals surface area contributed by atoms with Gasteiger partial charge in [0.15, 0.2) is 12.3 Å². The lowest BCUT2D eigenvalue weighted by atomic mass is 9.99. The number of carbonyl (C=O) groups excluding carboxylic acids is 2. The second-order valence-electron chi connectivity index (χ2n) is 11.2. The fourth-order valence-corrected chi connectivity index (χ4v) is 10.1. The molecule has 1 fully saturated rings. The van der Waals surface area contributed by atoms with Crippen molar-refractivity contribution in [3.05, 3.63) is 93.5 Å². The molecule has 0 spiro atoms. The number of benzene rings is 2. The summed E-state index contributed by atoms with van der Waals surface area (Å²) < 4.78 is 39.3. The number of ether oxygens (including phenoxy) is 3. The molecule has 224 valence electrons. The van der Waals surface area contributed by atoms with Crippen LogP contribution in [0.1, 0.15) is 40.8 Å². The van der Waals surface area contributed by atoms with Crippen LogP contribution >= 0.6 is 0 Å². The van der Waals surface area contributed by atoms with Crippen molar-refractivity contribution in [1.29, 1.82) is 0 Å². The highest BCUT2D eigenvalue weighted by Gasteiger charge is 2.53. The summed E-state index contributed by atoms with van der Waals surface area (Å²) in [6, 6.07) is 19.8. The molecule has 1 aromatic heterocycles. The standard InChI is InChI=1S/C30H35FN2O8Si/c1-19(34)38-17-23-25(41-28(26(23)40-20(2)35)33-16-24(31)27(36)32-29(33)37)18-39-42(30(3,4)5,21-12-8-6-9-13-21)22-14-10-7-11-15-22/h6-16,23,25-26,28H,17-18H2,1-5H3,(H,32,36,37). The normalized spacial score (nSPS) is 20.7. The monoisotopic (exact) mass is 598 g/mol. The zero-order valence-electron chi connectivity index (χ0n) is 24.2. The first-order valence-electron chi connectivity index (χ1n) is 13.6. The Balaban J connectivity index is 1.80. The number of rotatable bonds is 9. The average molecular weight is 599 g/mol. The van der Waals surface area contributed by atoms with E-state index >= 15 is 0 Å². The van der Waals surface area contributed by atoms with Gasteiger partial charge in [-0.2, -0.15) is 4.39 Å². The van der Waals surface area contributed by atoms with Gasteiger partial charge in [-0.3, -0.25) is 23.9 Å². The number of hydrogen-bond acceptors (Lipinski definition) is 8. The number of H-pyrrole nitrogens is 1. The minimum absolute atomic E-state index is 0.0337. The summed E-state index contributed by atoms with van der Waals surface area (Å²) in [4.78, 5) is 50.3. The number of carbonyl (C=O) groups is 2. The molecule has 1 saturated heterocycles. The average Bonchev–Trinajstić information content (AvgIpc) is 3.26. The molecule has 4 atom stereocenters. The fraction of sp³-hybridized carbons (Fsp3) is 0.400. The van der Waals surface area contributed by atoms with E-state index in [1.807, 2.05) is 65.6 Å². The number of hydrogen-bond donors (Lipinski definition) is 1. The number of aromatic nitrogens is 2. The molecule has 1 aliphatic rings. The van der Waals surface area contributed by atoms with Crippen LogP contribution in [0, 0.1) is 11.7 Å². The van der Waals surface area contributed by atoms with Gasteiger partial charge in [0.05, 0.1) is 24.8 Å². The van der Waals surface area contributed by atoms with Gasteiger partial charge in [-0.05, 0) is 15.4 Å². The number of nitrogens with one attached hydrogen (secondary N) is 1. The SMILES string of the molecule is CC(=O)OCC1C(CO[Si](c2ccccc2)(c2ccccc2)C(C)(C)C)OC(n2cc(F)c(=O)[nH]c2=O)C1OC(C)=O. The Kier molecular flexibility index (Phi) is 9.29. The smallest absolute Gasteiger partial charge is 0.330 e. The molecule has 0 aliphatic carbocycles. The molecule has 0 radical (unpaired) electrons. The Bertz CT molecular complexity index is 1480. The predicted molar refractivity (Wildman–Crippen MR) is 154 cm³/mol. The number of nitrogens with zero attached hydrogens (tertiary/aromatic N) is 1. The maximum atomic E-state index is 14.3. The first kappa shape index (κ1) is 31.1. The van der Waals surface area contributed by atoms with E-state index in [0.29, 0.717) is 6.20 Å². The van der Waals surface area contributed by atoms with Crippen molar-refractivity contribution in [1.82, 2.24) is 9.55 Å². The maximum Gasteiger partial charge on any atom is 0.330 e. The summed E-state index contributed by atoms with van der Waals surface area (Å²) in [6.07, 6.45) is -2.66. The molecular formula is C30H35FN2O8Si. The second kappa shape index (κ2) is 12.6. The van der Waals surface area contributed by atoms with Gasteiger partial charge in [0, 0.05) is 13.8 Å². The largest absolute Gasteiger partial charge is 0.465 e. The Morgan fingerprint density at radius 2 is 1.52 bits per heavy atom. The molecule has 4 rings (SSSR count). The Morgan fingerprint density at radius 3 is 2.02 bits per heavy atom. The fourth-order valence-electron chi connectivity index (χ4n) is 5.54. The lowest BCUT2D eigenvalue weighted by Crippen LogP contribution is -2.67. The van der Waals surface area contributed by atoms with Crippen LogP contribution in [0.3, 0.4) is 0 Å². The number of halogens is 1. The molecule has 10 nitrogen and oxygen atoms in total. The van der Waals surface area contributed by atoms with Crippen LogP contribution < -0.4 is 21.6 Å². The van der Waals surface area contributed by atoms with Crippen molar-refractivity contribution >= 4 is 30.6 Å². The van der Waals surface area contributed by atoms with Gasteiger partial charge >= 0.3 is 17.6 Å². The molecule has 0 saturated carbocycles. The van der Waals surface area contributed by atoms with Gasteiger partial charge in [-0.1, -0.05) is 81.4 Å². The van der Waals surface area contributed by atoms with Gasteiger partial charge in [-0.15, -0.1) is 0 Å². The van der Waals surface area contributed by atoms with E-state index in [4.69, 9.17) is 18.6 Å². The molecule has 0 bridgehead atoms. The highest BCUT2D eigenvalue weighted by atomic mass is 28.4.